The largest absolute Gasteiger partial charge is 0.444 e. The van der Waals surface area contributed by atoms with Gasteiger partial charge in [-0.3, -0.25) is 0 Å². The van der Waals surface area contributed by atoms with Crippen LogP contribution in [-0.4, -0.2) is 30.2 Å². The van der Waals surface area contributed by atoms with Gasteiger partial charge in [-0.15, -0.1) is 0 Å². The van der Waals surface area contributed by atoms with E-state index in [-0.39, 0.29) is 12.2 Å². The molecule has 1 saturated heterocycles. The van der Waals surface area contributed by atoms with Crippen molar-refractivity contribution < 1.29 is 9.53 Å². The summed E-state index contributed by atoms with van der Waals surface area (Å²) in [5.41, 5.74) is 0. The van der Waals surface area contributed by atoms with Gasteiger partial charge in [0.15, 0.2) is 0 Å². The second-order valence-corrected chi connectivity index (χ2v) is 4.62. The average molecular weight is 181 g/mol. The van der Waals surface area contributed by atoms with Gasteiger partial charge in [0.2, 0.25) is 0 Å². The van der Waals surface area contributed by atoms with E-state index < -0.39 is 0 Å². The molecule has 2 bridgehead atoms. The molecule has 0 radical (unpaired) electrons. The first-order chi connectivity index (χ1) is 6.27. The Morgan fingerprint density at radius 3 is 2.46 bits per heavy atom. The molecule has 3 heteroatoms. The minimum Gasteiger partial charge on any atom is -0.444 e. The predicted molar refractivity (Wildman–Crippen MR) is 47.3 cm³/mol. The molecule has 13 heavy (non-hydrogen) atoms. The molecule has 4 fully saturated rings. The molecular formula is C10H15NO2. The van der Waals surface area contributed by atoms with Gasteiger partial charge in [0.25, 0.3) is 0 Å². The zero-order chi connectivity index (χ0) is 9.00. The smallest absolute Gasteiger partial charge is 0.410 e. The Balaban J connectivity index is 1.94. The fourth-order valence-electron chi connectivity index (χ4n) is 3.39. The monoisotopic (exact) mass is 181 g/mol. The number of rotatable bonds is 0. The van der Waals surface area contributed by atoms with E-state index in [1.165, 1.54) is 25.7 Å². The standard InChI is InChI=1S/C10H15NO2/c1-11-8-6-2-4-7(5-3-6)9(8)13-10(11)12/h6-9H,2-5H2,1H3/t6?,7?,8-,9+/m0/s1. The first-order valence-corrected chi connectivity index (χ1v) is 5.21. The quantitative estimate of drug-likeness (QED) is 0.568. The Bertz CT molecular complexity index is 245. The lowest BCUT2D eigenvalue weighted by Crippen LogP contribution is -2.50. The molecule has 3 saturated carbocycles. The predicted octanol–water partition coefficient (Wildman–Crippen LogP) is 1.63. The van der Waals surface area contributed by atoms with Crippen molar-refractivity contribution >= 4 is 6.09 Å². The normalized spacial score (nSPS) is 47.8. The number of hydrogen-bond donors (Lipinski definition) is 0. The van der Waals surface area contributed by atoms with Crippen molar-refractivity contribution in [3.8, 4) is 0 Å². The Hall–Kier alpha value is -0.730. The van der Waals surface area contributed by atoms with Gasteiger partial charge in [-0.1, -0.05) is 0 Å². The Labute approximate surface area is 78.0 Å². The van der Waals surface area contributed by atoms with Gasteiger partial charge in [0, 0.05) is 7.05 Å². The molecule has 0 aromatic heterocycles. The van der Waals surface area contributed by atoms with E-state index in [0.29, 0.717) is 17.9 Å². The molecule has 1 heterocycles. The van der Waals surface area contributed by atoms with Crippen LogP contribution in [0.4, 0.5) is 4.79 Å². The summed E-state index contributed by atoms with van der Waals surface area (Å²) >= 11 is 0. The van der Waals surface area contributed by atoms with Gasteiger partial charge >= 0.3 is 6.09 Å². The van der Waals surface area contributed by atoms with E-state index in [1.807, 2.05) is 11.9 Å². The first-order valence-electron chi connectivity index (χ1n) is 5.21. The number of carbonyl (C=O) groups excluding carboxylic acids is 1. The molecule has 3 aliphatic carbocycles. The third kappa shape index (κ3) is 0.875. The molecular weight excluding hydrogens is 166 g/mol. The number of hydrogen-bond acceptors (Lipinski definition) is 2. The van der Waals surface area contributed by atoms with Crippen molar-refractivity contribution in [1.29, 1.82) is 0 Å². The van der Waals surface area contributed by atoms with Crippen LogP contribution >= 0.6 is 0 Å². The number of nitrogens with zero attached hydrogens (tertiary/aromatic N) is 1. The topological polar surface area (TPSA) is 29.5 Å². The summed E-state index contributed by atoms with van der Waals surface area (Å²) in [7, 11) is 1.88. The van der Waals surface area contributed by atoms with Gasteiger partial charge in [0.05, 0.1) is 6.04 Å². The SMILES string of the molecule is CN1C(=O)O[C@@H]2C3CCC(CC3)[C@@H]21. The van der Waals surface area contributed by atoms with E-state index in [0.717, 1.165) is 0 Å². The zero-order valence-electron chi connectivity index (χ0n) is 7.90. The lowest BCUT2D eigenvalue weighted by atomic mass is 9.66. The van der Waals surface area contributed by atoms with Crippen LogP contribution in [0.2, 0.25) is 0 Å². The molecule has 72 valence electrons. The molecule has 4 aliphatic rings. The lowest BCUT2D eigenvalue weighted by molar-refractivity contribution is -0.00306. The van der Waals surface area contributed by atoms with Crippen LogP contribution in [0.3, 0.4) is 0 Å². The van der Waals surface area contributed by atoms with E-state index >= 15 is 0 Å². The summed E-state index contributed by atoms with van der Waals surface area (Å²) in [5, 5.41) is 0. The second-order valence-electron chi connectivity index (χ2n) is 4.62. The molecule has 3 nitrogen and oxygen atoms in total. The molecule has 1 amide bonds. The number of fused-ring (bicyclic) bond motifs is 2. The molecule has 2 atom stereocenters. The maximum Gasteiger partial charge on any atom is 0.410 e. The third-order valence-corrected chi connectivity index (χ3v) is 4.07. The Morgan fingerprint density at radius 1 is 1.23 bits per heavy atom. The van der Waals surface area contributed by atoms with E-state index in [4.69, 9.17) is 4.74 Å². The lowest BCUT2D eigenvalue weighted by Gasteiger charge is -2.44. The first kappa shape index (κ1) is 7.65. The van der Waals surface area contributed by atoms with Crippen molar-refractivity contribution in [2.75, 3.05) is 7.05 Å². The summed E-state index contributed by atoms with van der Waals surface area (Å²) < 4.78 is 5.40. The average Bonchev–Trinajstić information content (AvgIpc) is 2.47. The highest BCUT2D eigenvalue weighted by atomic mass is 16.6. The molecule has 0 aromatic rings. The van der Waals surface area contributed by atoms with Crippen LogP contribution in [0.1, 0.15) is 25.7 Å². The molecule has 0 N–H and O–H groups in total. The van der Waals surface area contributed by atoms with Gasteiger partial charge in [-0.25, -0.2) is 4.79 Å². The van der Waals surface area contributed by atoms with E-state index in [9.17, 15) is 4.79 Å². The number of likely N-dealkylation sites (N-methyl/N-ethyl adjacent to an activating group) is 1. The van der Waals surface area contributed by atoms with Crippen molar-refractivity contribution in [2.24, 2.45) is 11.8 Å². The molecule has 1 aliphatic heterocycles. The Morgan fingerprint density at radius 2 is 1.85 bits per heavy atom. The fourth-order valence-corrected chi connectivity index (χ4v) is 3.39. The van der Waals surface area contributed by atoms with Crippen molar-refractivity contribution in [3.63, 3.8) is 0 Å². The number of amides is 1. The number of ether oxygens (including phenoxy) is 1. The van der Waals surface area contributed by atoms with E-state index in [1.54, 1.807) is 0 Å². The van der Waals surface area contributed by atoms with Crippen LogP contribution < -0.4 is 0 Å². The minimum absolute atomic E-state index is 0.103. The molecule has 0 spiro atoms. The fraction of sp³-hybridized carbons (Fsp3) is 0.900. The third-order valence-electron chi connectivity index (χ3n) is 4.07. The Kier molecular flexibility index (Phi) is 1.41. The summed E-state index contributed by atoms with van der Waals surface area (Å²) in [6.07, 6.45) is 5.26. The van der Waals surface area contributed by atoms with Gasteiger partial charge in [-0.2, -0.15) is 0 Å². The van der Waals surface area contributed by atoms with Crippen molar-refractivity contribution in [2.45, 2.75) is 37.8 Å². The number of carbonyl (C=O) groups is 1. The minimum atomic E-state index is -0.103. The highest BCUT2D eigenvalue weighted by Crippen LogP contribution is 2.47. The van der Waals surface area contributed by atoms with Crippen LogP contribution in [0, 0.1) is 11.8 Å². The maximum atomic E-state index is 11.4. The van der Waals surface area contributed by atoms with E-state index in [2.05, 4.69) is 0 Å². The van der Waals surface area contributed by atoms with Crippen LogP contribution in [0.25, 0.3) is 0 Å². The zero-order valence-corrected chi connectivity index (χ0v) is 7.90. The maximum absolute atomic E-state index is 11.4. The van der Waals surface area contributed by atoms with Crippen LogP contribution in [-0.2, 0) is 4.74 Å². The molecule has 0 aromatic carbocycles. The summed E-state index contributed by atoms with van der Waals surface area (Å²) in [6, 6.07) is 0.403. The molecule has 0 unspecified atom stereocenters. The van der Waals surface area contributed by atoms with Gasteiger partial charge in [-0.05, 0) is 37.5 Å². The van der Waals surface area contributed by atoms with Crippen LogP contribution in [0.5, 0.6) is 0 Å². The summed E-state index contributed by atoms with van der Waals surface area (Å²) in [6.45, 7) is 0. The second kappa shape index (κ2) is 2.40. The highest BCUT2D eigenvalue weighted by Gasteiger charge is 2.53. The van der Waals surface area contributed by atoms with Gasteiger partial charge < -0.3 is 9.64 Å². The van der Waals surface area contributed by atoms with Gasteiger partial charge in [0.1, 0.15) is 6.10 Å². The summed E-state index contributed by atoms with van der Waals surface area (Å²) in [5.74, 6) is 1.37. The summed E-state index contributed by atoms with van der Waals surface area (Å²) in [4.78, 5) is 13.2. The van der Waals surface area contributed by atoms with Crippen molar-refractivity contribution in [1.82, 2.24) is 4.90 Å². The van der Waals surface area contributed by atoms with Crippen LogP contribution in [0.15, 0.2) is 0 Å². The highest BCUT2D eigenvalue weighted by molar-refractivity contribution is 5.70. The molecule has 4 rings (SSSR count). The van der Waals surface area contributed by atoms with Crippen molar-refractivity contribution in [3.05, 3.63) is 0 Å².